The zero-order valence-corrected chi connectivity index (χ0v) is 11.9. The molecule has 0 amide bonds. The Balaban J connectivity index is 2.24. The van der Waals surface area contributed by atoms with E-state index in [-0.39, 0.29) is 5.56 Å². The van der Waals surface area contributed by atoms with Crippen LogP contribution >= 0.6 is 0 Å². The van der Waals surface area contributed by atoms with Gasteiger partial charge in [-0.3, -0.25) is 4.79 Å². The van der Waals surface area contributed by atoms with E-state index in [2.05, 4.69) is 24.3 Å². The SMILES string of the molecule is CCCNC(CC)Cn1ccn2nc(C)cc2c1=O. The number of nitrogens with zero attached hydrogens (tertiary/aromatic N) is 3. The summed E-state index contributed by atoms with van der Waals surface area (Å²) in [6, 6.07) is 2.17. The molecule has 2 rings (SSSR count). The monoisotopic (exact) mass is 262 g/mol. The van der Waals surface area contributed by atoms with Gasteiger partial charge >= 0.3 is 0 Å². The summed E-state index contributed by atoms with van der Waals surface area (Å²) in [6.07, 6.45) is 5.77. The first kappa shape index (κ1) is 13.8. The minimum absolute atomic E-state index is 0.0276. The Morgan fingerprint density at radius 3 is 2.84 bits per heavy atom. The van der Waals surface area contributed by atoms with Gasteiger partial charge in [-0.05, 0) is 32.4 Å². The third kappa shape index (κ3) is 3.04. The Bertz CT molecular complexity index is 599. The van der Waals surface area contributed by atoms with Gasteiger partial charge in [-0.2, -0.15) is 5.10 Å². The molecule has 0 aliphatic rings. The molecule has 5 heteroatoms. The van der Waals surface area contributed by atoms with Crippen molar-refractivity contribution in [3.05, 3.63) is 34.5 Å². The molecule has 2 heterocycles. The third-order valence-corrected chi connectivity index (χ3v) is 3.32. The predicted octanol–water partition coefficient (Wildman–Crippen LogP) is 1.58. The molecule has 19 heavy (non-hydrogen) atoms. The summed E-state index contributed by atoms with van der Waals surface area (Å²) >= 11 is 0. The second-order valence-corrected chi connectivity index (χ2v) is 4.93. The number of aryl methyl sites for hydroxylation is 1. The van der Waals surface area contributed by atoms with Crippen LogP contribution in [0.15, 0.2) is 23.3 Å². The third-order valence-electron chi connectivity index (χ3n) is 3.32. The van der Waals surface area contributed by atoms with Crippen molar-refractivity contribution >= 4 is 5.52 Å². The first-order valence-corrected chi connectivity index (χ1v) is 6.94. The van der Waals surface area contributed by atoms with Gasteiger partial charge in [0.1, 0.15) is 5.52 Å². The maximum absolute atomic E-state index is 12.3. The van der Waals surface area contributed by atoms with Gasteiger partial charge in [0.15, 0.2) is 0 Å². The summed E-state index contributed by atoms with van der Waals surface area (Å²) in [5, 5.41) is 7.72. The zero-order valence-electron chi connectivity index (χ0n) is 11.9. The predicted molar refractivity (Wildman–Crippen MR) is 76.6 cm³/mol. The maximum atomic E-state index is 12.3. The van der Waals surface area contributed by atoms with Crippen LogP contribution in [-0.4, -0.2) is 26.8 Å². The fourth-order valence-electron chi connectivity index (χ4n) is 2.22. The second kappa shape index (κ2) is 6.02. The number of hydrogen-bond acceptors (Lipinski definition) is 3. The van der Waals surface area contributed by atoms with E-state index in [4.69, 9.17) is 0 Å². The molecule has 2 aromatic heterocycles. The smallest absolute Gasteiger partial charge is 0.276 e. The van der Waals surface area contributed by atoms with E-state index in [9.17, 15) is 4.79 Å². The molecule has 0 radical (unpaired) electrons. The maximum Gasteiger partial charge on any atom is 0.276 e. The molecule has 5 nitrogen and oxygen atoms in total. The van der Waals surface area contributed by atoms with Crippen LogP contribution in [0.1, 0.15) is 32.4 Å². The molecule has 104 valence electrons. The Morgan fingerprint density at radius 2 is 2.16 bits per heavy atom. The molecule has 0 spiro atoms. The number of nitrogens with one attached hydrogen (secondary N) is 1. The highest BCUT2D eigenvalue weighted by Gasteiger charge is 2.10. The van der Waals surface area contributed by atoms with Crippen molar-refractivity contribution in [3.8, 4) is 0 Å². The molecule has 2 aromatic rings. The van der Waals surface area contributed by atoms with Crippen LogP contribution in [-0.2, 0) is 6.54 Å². The highest BCUT2D eigenvalue weighted by molar-refractivity contribution is 5.44. The molecule has 1 unspecified atom stereocenters. The summed E-state index contributed by atoms with van der Waals surface area (Å²) in [4.78, 5) is 12.3. The van der Waals surface area contributed by atoms with Crippen molar-refractivity contribution in [2.75, 3.05) is 6.54 Å². The summed E-state index contributed by atoms with van der Waals surface area (Å²) < 4.78 is 3.42. The molecule has 0 aliphatic carbocycles. The normalized spacial score (nSPS) is 13.0. The summed E-state index contributed by atoms with van der Waals surface area (Å²) in [6.45, 7) is 7.87. The number of fused-ring (bicyclic) bond motifs is 1. The fraction of sp³-hybridized carbons (Fsp3) is 0.571. The first-order valence-electron chi connectivity index (χ1n) is 6.94. The zero-order chi connectivity index (χ0) is 13.8. The van der Waals surface area contributed by atoms with Crippen molar-refractivity contribution in [2.45, 2.75) is 46.2 Å². The van der Waals surface area contributed by atoms with Gasteiger partial charge in [-0.25, -0.2) is 4.52 Å². The van der Waals surface area contributed by atoms with Crippen LogP contribution in [0.5, 0.6) is 0 Å². The molecular weight excluding hydrogens is 240 g/mol. The van der Waals surface area contributed by atoms with Crippen molar-refractivity contribution in [1.82, 2.24) is 19.5 Å². The van der Waals surface area contributed by atoms with Crippen LogP contribution in [0.25, 0.3) is 5.52 Å². The average molecular weight is 262 g/mol. The largest absolute Gasteiger partial charge is 0.312 e. The van der Waals surface area contributed by atoms with E-state index in [1.807, 2.05) is 25.4 Å². The molecular formula is C14H22N4O. The topological polar surface area (TPSA) is 51.3 Å². The van der Waals surface area contributed by atoms with Crippen LogP contribution in [0.2, 0.25) is 0 Å². The van der Waals surface area contributed by atoms with E-state index in [0.29, 0.717) is 18.1 Å². The van der Waals surface area contributed by atoms with Gasteiger partial charge in [-0.15, -0.1) is 0 Å². The van der Waals surface area contributed by atoms with Gasteiger partial charge in [0.25, 0.3) is 5.56 Å². The van der Waals surface area contributed by atoms with Crippen molar-refractivity contribution in [1.29, 1.82) is 0 Å². The molecule has 0 fully saturated rings. The number of rotatable bonds is 6. The lowest BCUT2D eigenvalue weighted by molar-refractivity contribution is 0.430. The van der Waals surface area contributed by atoms with Crippen molar-refractivity contribution < 1.29 is 0 Å². The first-order chi connectivity index (χ1) is 9.15. The van der Waals surface area contributed by atoms with E-state index < -0.39 is 0 Å². The van der Waals surface area contributed by atoms with E-state index in [0.717, 1.165) is 25.1 Å². The standard InChI is InChI=1S/C14H22N4O/c1-4-6-15-12(5-2)10-17-7-8-18-13(14(17)19)9-11(3)16-18/h7-9,12,15H,4-6,10H2,1-3H3. The second-order valence-electron chi connectivity index (χ2n) is 4.93. The quantitative estimate of drug-likeness (QED) is 0.860. The molecule has 1 N–H and O–H groups in total. The lowest BCUT2D eigenvalue weighted by Crippen LogP contribution is -2.36. The summed E-state index contributed by atoms with van der Waals surface area (Å²) in [5.41, 5.74) is 1.54. The molecule has 1 atom stereocenters. The molecule has 0 saturated heterocycles. The van der Waals surface area contributed by atoms with Gasteiger partial charge in [0, 0.05) is 25.0 Å². The number of aromatic nitrogens is 3. The van der Waals surface area contributed by atoms with Crippen LogP contribution in [0.3, 0.4) is 0 Å². The van der Waals surface area contributed by atoms with Crippen molar-refractivity contribution in [3.63, 3.8) is 0 Å². The van der Waals surface area contributed by atoms with Crippen LogP contribution < -0.4 is 10.9 Å². The van der Waals surface area contributed by atoms with Gasteiger partial charge in [-0.1, -0.05) is 13.8 Å². The lowest BCUT2D eigenvalue weighted by Gasteiger charge is -2.17. The Hall–Kier alpha value is -1.62. The Morgan fingerprint density at radius 1 is 1.37 bits per heavy atom. The van der Waals surface area contributed by atoms with Gasteiger partial charge in [0.05, 0.1) is 5.69 Å². The molecule has 0 bridgehead atoms. The summed E-state index contributed by atoms with van der Waals surface area (Å²) in [7, 11) is 0. The summed E-state index contributed by atoms with van der Waals surface area (Å²) in [5.74, 6) is 0. The van der Waals surface area contributed by atoms with Crippen LogP contribution in [0.4, 0.5) is 0 Å². The Kier molecular flexibility index (Phi) is 4.37. The average Bonchev–Trinajstić information content (AvgIpc) is 2.78. The highest BCUT2D eigenvalue weighted by atomic mass is 16.1. The van der Waals surface area contributed by atoms with Gasteiger partial charge < -0.3 is 9.88 Å². The molecule has 0 aliphatic heterocycles. The minimum atomic E-state index is 0.0276. The molecule has 0 saturated carbocycles. The number of hydrogen-bond donors (Lipinski definition) is 1. The van der Waals surface area contributed by atoms with E-state index >= 15 is 0 Å². The molecule has 0 aromatic carbocycles. The van der Waals surface area contributed by atoms with E-state index in [1.54, 1.807) is 9.08 Å². The highest BCUT2D eigenvalue weighted by Crippen LogP contribution is 2.01. The van der Waals surface area contributed by atoms with Gasteiger partial charge in [0.2, 0.25) is 0 Å². The van der Waals surface area contributed by atoms with Crippen LogP contribution in [0, 0.1) is 6.92 Å². The van der Waals surface area contributed by atoms with Crippen molar-refractivity contribution in [2.24, 2.45) is 0 Å². The Labute approximate surface area is 113 Å². The lowest BCUT2D eigenvalue weighted by atomic mass is 10.2. The fourth-order valence-corrected chi connectivity index (χ4v) is 2.22. The van der Waals surface area contributed by atoms with E-state index in [1.165, 1.54) is 0 Å². The minimum Gasteiger partial charge on any atom is -0.312 e.